The van der Waals surface area contributed by atoms with Crippen molar-refractivity contribution in [2.45, 2.75) is 31.6 Å². The van der Waals surface area contributed by atoms with Crippen LogP contribution in [-0.2, 0) is 0 Å². The summed E-state index contributed by atoms with van der Waals surface area (Å²) in [6, 6.07) is 8.19. The van der Waals surface area contributed by atoms with Gasteiger partial charge < -0.3 is 9.47 Å². The van der Waals surface area contributed by atoms with E-state index in [4.69, 9.17) is 21.1 Å². The lowest BCUT2D eigenvalue weighted by Gasteiger charge is -2.32. The van der Waals surface area contributed by atoms with Crippen molar-refractivity contribution >= 4 is 17.9 Å². The zero-order valence-corrected chi connectivity index (χ0v) is 15.0. The molecule has 25 heavy (non-hydrogen) atoms. The smallest absolute Gasteiger partial charge is 0.155 e. The van der Waals surface area contributed by atoms with Crippen molar-refractivity contribution in [3.63, 3.8) is 0 Å². The molecule has 132 valence electrons. The standard InChI is InChI=1S/C20H22ClNO3/c1-24-19-9-5-4-8-16(19)15-7-3-2-6-14(15)13-25-20-11-22-10-18(21)17(20)12-23/h4-5,8-12,14-15H,2-3,6-7,13H2,1H3. The number of carbonyl (C=O) groups is 1. The Balaban J connectivity index is 1.78. The fourth-order valence-electron chi connectivity index (χ4n) is 3.64. The molecule has 1 aromatic carbocycles. The number of ether oxygens (including phenoxy) is 2. The number of para-hydroxylation sites is 1. The summed E-state index contributed by atoms with van der Waals surface area (Å²) in [5, 5.41) is 0.317. The molecule has 1 fully saturated rings. The predicted octanol–water partition coefficient (Wildman–Crippen LogP) is 4.91. The molecule has 1 aliphatic carbocycles. The second kappa shape index (κ2) is 8.34. The van der Waals surface area contributed by atoms with E-state index in [9.17, 15) is 4.79 Å². The number of aromatic nitrogens is 1. The number of hydrogen-bond acceptors (Lipinski definition) is 4. The van der Waals surface area contributed by atoms with Crippen LogP contribution in [0.1, 0.15) is 47.5 Å². The van der Waals surface area contributed by atoms with Crippen molar-refractivity contribution in [3.05, 3.63) is 52.8 Å². The molecule has 1 aliphatic rings. The van der Waals surface area contributed by atoms with Gasteiger partial charge in [-0.1, -0.05) is 42.6 Å². The molecular weight excluding hydrogens is 338 g/mol. The average Bonchev–Trinajstić information content (AvgIpc) is 2.66. The van der Waals surface area contributed by atoms with Crippen LogP contribution in [0.4, 0.5) is 0 Å². The van der Waals surface area contributed by atoms with Crippen LogP contribution >= 0.6 is 11.6 Å². The van der Waals surface area contributed by atoms with E-state index in [2.05, 4.69) is 17.1 Å². The summed E-state index contributed by atoms with van der Waals surface area (Å²) in [6.45, 7) is 0.533. The molecule has 0 radical (unpaired) electrons. The van der Waals surface area contributed by atoms with E-state index < -0.39 is 0 Å². The fourth-order valence-corrected chi connectivity index (χ4v) is 3.84. The minimum absolute atomic E-state index is 0.317. The van der Waals surface area contributed by atoms with Crippen LogP contribution in [0, 0.1) is 5.92 Å². The molecular formula is C20H22ClNO3. The van der Waals surface area contributed by atoms with E-state index in [0.29, 0.717) is 34.8 Å². The molecule has 1 aromatic heterocycles. The average molecular weight is 360 g/mol. The second-order valence-electron chi connectivity index (χ2n) is 6.35. The van der Waals surface area contributed by atoms with Gasteiger partial charge >= 0.3 is 0 Å². The summed E-state index contributed by atoms with van der Waals surface area (Å²) >= 11 is 6.02. The molecule has 2 atom stereocenters. The van der Waals surface area contributed by atoms with E-state index in [1.807, 2.05) is 12.1 Å². The van der Waals surface area contributed by atoms with Gasteiger partial charge in [0.1, 0.15) is 11.5 Å². The zero-order valence-electron chi connectivity index (χ0n) is 14.3. The number of aldehydes is 1. The number of carbonyl (C=O) groups excluding carboxylic acids is 1. The Hall–Kier alpha value is -2.07. The van der Waals surface area contributed by atoms with Crippen LogP contribution in [0.15, 0.2) is 36.7 Å². The summed E-state index contributed by atoms with van der Waals surface area (Å²) in [6.07, 6.45) is 8.33. The Morgan fingerprint density at radius 1 is 1.20 bits per heavy atom. The molecule has 5 heteroatoms. The summed E-state index contributed by atoms with van der Waals surface area (Å²) < 4.78 is 11.5. The summed E-state index contributed by atoms with van der Waals surface area (Å²) in [4.78, 5) is 15.3. The first-order valence-corrected chi connectivity index (χ1v) is 8.96. The molecule has 0 amide bonds. The van der Waals surface area contributed by atoms with Gasteiger partial charge in [0.05, 0.1) is 30.5 Å². The Morgan fingerprint density at radius 2 is 2.00 bits per heavy atom. The van der Waals surface area contributed by atoms with E-state index in [0.717, 1.165) is 24.9 Å². The van der Waals surface area contributed by atoms with Gasteiger partial charge in [-0.2, -0.15) is 0 Å². The van der Waals surface area contributed by atoms with Crippen molar-refractivity contribution in [1.82, 2.24) is 4.98 Å². The molecule has 0 spiro atoms. The highest BCUT2D eigenvalue weighted by Gasteiger charge is 2.29. The van der Waals surface area contributed by atoms with Gasteiger partial charge in [-0.05, 0) is 36.3 Å². The van der Waals surface area contributed by atoms with Crippen LogP contribution in [0.5, 0.6) is 11.5 Å². The molecule has 3 rings (SSSR count). The van der Waals surface area contributed by atoms with Crippen LogP contribution in [0.3, 0.4) is 0 Å². The first kappa shape index (κ1) is 17.7. The summed E-state index contributed by atoms with van der Waals surface area (Å²) in [7, 11) is 1.71. The normalized spacial score (nSPS) is 20.1. The van der Waals surface area contributed by atoms with E-state index in [1.54, 1.807) is 13.3 Å². The van der Waals surface area contributed by atoms with E-state index in [1.165, 1.54) is 24.6 Å². The van der Waals surface area contributed by atoms with Crippen LogP contribution < -0.4 is 9.47 Å². The third kappa shape index (κ3) is 3.96. The highest BCUT2D eigenvalue weighted by Crippen LogP contribution is 2.41. The molecule has 0 N–H and O–H groups in total. The Labute approximate surface area is 153 Å². The van der Waals surface area contributed by atoms with Gasteiger partial charge in [-0.15, -0.1) is 0 Å². The maximum Gasteiger partial charge on any atom is 0.155 e. The van der Waals surface area contributed by atoms with Crippen molar-refractivity contribution in [2.75, 3.05) is 13.7 Å². The van der Waals surface area contributed by atoms with Crippen LogP contribution in [0.25, 0.3) is 0 Å². The maximum absolute atomic E-state index is 11.3. The fraction of sp³-hybridized carbons (Fsp3) is 0.400. The third-order valence-electron chi connectivity index (χ3n) is 4.92. The van der Waals surface area contributed by atoms with Gasteiger partial charge in [0, 0.05) is 6.20 Å². The molecule has 2 unspecified atom stereocenters. The number of halogens is 1. The monoisotopic (exact) mass is 359 g/mol. The maximum atomic E-state index is 11.3. The molecule has 0 bridgehead atoms. The lowest BCUT2D eigenvalue weighted by molar-refractivity contribution is 0.111. The Kier molecular flexibility index (Phi) is 5.92. The lowest BCUT2D eigenvalue weighted by atomic mass is 9.75. The number of benzene rings is 1. The number of nitrogens with zero attached hydrogens (tertiary/aromatic N) is 1. The Morgan fingerprint density at radius 3 is 2.80 bits per heavy atom. The van der Waals surface area contributed by atoms with Gasteiger partial charge in [0.2, 0.25) is 0 Å². The molecule has 0 aliphatic heterocycles. The van der Waals surface area contributed by atoms with Crippen LogP contribution in [0.2, 0.25) is 5.02 Å². The number of rotatable bonds is 6. The molecule has 1 heterocycles. The van der Waals surface area contributed by atoms with Crippen molar-refractivity contribution < 1.29 is 14.3 Å². The molecule has 2 aromatic rings. The van der Waals surface area contributed by atoms with E-state index >= 15 is 0 Å². The number of pyridine rings is 1. The van der Waals surface area contributed by atoms with Gasteiger partial charge in [-0.25, -0.2) is 0 Å². The van der Waals surface area contributed by atoms with Crippen molar-refractivity contribution in [3.8, 4) is 11.5 Å². The number of hydrogen-bond donors (Lipinski definition) is 0. The first-order chi connectivity index (χ1) is 12.2. The van der Waals surface area contributed by atoms with Gasteiger partial charge in [0.25, 0.3) is 0 Å². The van der Waals surface area contributed by atoms with Crippen LogP contribution in [-0.4, -0.2) is 25.0 Å². The Bertz CT molecular complexity index is 735. The summed E-state index contributed by atoms with van der Waals surface area (Å²) in [5.41, 5.74) is 1.60. The SMILES string of the molecule is COc1ccccc1C1CCCCC1COc1cncc(Cl)c1C=O. The third-order valence-corrected chi connectivity index (χ3v) is 5.22. The lowest BCUT2D eigenvalue weighted by Crippen LogP contribution is -2.24. The largest absolute Gasteiger partial charge is 0.496 e. The highest BCUT2D eigenvalue weighted by molar-refractivity contribution is 6.33. The topological polar surface area (TPSA) is 48.4 Å². The number of methoxy groups -OCH3 is 1. The second-order valence-corrected chi connectivity index (χ2v) is 6.76. The van der Waals surface area contributed by atoms with Crippen molar-refractivity contribution in [1.29, 1.82) is 0 Å². The zero-order chi connectivity index (χ0) is 17.6. The minimum atomic E-state index is 0.317. The molecule has 0 saturated heterocycles. The highest BCUT2D eigenvalue weighted by atomic mass is 35.5. The quantitative estimate of drug-likeness (QED) is 0.687. The first-order valence-electron chi connectivity index (χ1n) is 8.59. The molecule has 1 saturated carbocycles. The predicted molar refractivity (Wildman–Crippen MR) is 97.8 cm³/mol. The minimum Gasteiger partial charge on any atom is -0.496 e. The molecule has 4 nitrogen and oxygen atoms in total. The van der Waals surface area contributed by atoms with Gasteiger partial charge in [0.15, 0.2) is 6.29 Å². The van der Waals surface area contributed by atoms with E-state index in [-0.39, 0.29) is 0 Å². The summed E-state index contributed by atoms with van der Waals surface area (Å²) in [5.74, 6) is 2.13. The van der Waals surface area contributed by atoms with Crippen molar-refractivity contribution in [2.24, 2.45) is 5.92 Å². The van der Waals surface area contributed by atoms with Gasteiger partial charge in [-0.3, -0.25) is 9.78 Å².